The summed E-state index contributed by atoms with van der Waals surface area (Å²) in [6, 6.07) is 14.3. The van der Waals surface area contributed by atoms with Crippen molar-refractivity contribution in [2.45, 2.75) is 39.7 Å². The Labute approximate surface area is 158 Å². The fourth-order valence-corrected chi connectivity index (χ4v) is 3.32. The molecule has 0 saturated carbocycles. The Morgan fingerprint density at radius 1 is 1.11 bits per heavy atom. The summed E-state index contributed by atoms with van der Waals surface area (Å²) >= 11 is 0. The summed E-state index contributed by atoms with van der Waals surface area (Å²) in [5, 5.41) is 7.18. The van der Waals surface area contributed by atoms with Gasteiger partial charge < -0.3 is 8.98 Å². The summed E-state index contributed by atoms with van der Waals surface area (Å²) in [7, 11) is 0. The van der Waals surface area contributed by atoms with E-state index in [0.29, 0.717) is 6.54 Å². The molecule has 1 atom stereocenters. The summed E-state index contributed by atoms with van der Waals surface area (Å²) in [6.45, 7) is 6.65. The number of hydrogen-bond donors (Lipinski definition) is 1. The highest BCUT2D eigenvalue weighted by molar-refractivity contribution is 5.62. The summed E-state index contributed by atoms with van der Waals surface area (Å²) in [5.74, 6) is 3.74. The van der Waals surface area contributed by atoms with Gasteiger partial charge in [0, 0.05) is 17.2 Å². The van der Waals surface area contributed by atoms with Crippen LogP contribution in [0.15, 0.2) is 53.2 Å². The maximum absolute atomic E-state index is 5.84. The molecule has 6 nitrogen and oxygen atoms in total. The van der Waals surface area contributed by atoms with Crippen molar-refractivity contribution in [3.05, 3.63) is 77.7 Å². The van der Waals surface area contributed by atoms with E-state index < -0.39 is 0 Å². The lowest BCUT2D eigenvalue weighted by Crippen LogP contribution is -2.09. The third kappa shape index (κ3) is 3.69. The van der Waals surface area contributed by atoms with Crippen molar-refractivity contribution >= 4 is 0 Å². The van der Waals surface area contributed by atoms with Crippen molar-refractivity contribution in [1.82, 2.24) is 24.7 Å². The number of aryl methyl sites for hydroxylation is 2. The maximum atomic E-state index is 5.84. The predicted molar refractivity (Wildman–Crippen MR) is 103 cm³/mol. The van der Waals surface area contributed by atoms with Crippen LogP contribution in [0.25, 0.3) is 11.3 Å². The van der Waals surface area contributed by atoms with Crippen molar-refractivity contribution in [2.75, 3.05) is 0 Å². The third-order valence-corrected chi connectivity index (χ3v) is 4.70. The van der Waals surface area contributed by atoms with Gasteiger partial charge in [0.25, 0.3) is 0 Å². The van der Waals surface area contributed by atoms with Crippen LogP contribution < -0.4 is 0 Å². The molecule has 0 aliphatic carbocycles. The lowest BCUT2D eigenvalue weighted by atomic mass is 9.99. The number of rotatable bonds is 6. The minimum Gasteiger partial charge on any atom is -0.466 e. The van der Waals surface area contributed by atoms with Crippen molar-refractivity contribution < 1.29 is 4.42 Å². The first-order valence-corrected chi connectivity index (χ1v) is 9.14. The average Bonchev–Trinajstić information content (AvgIpc) is 3.38. The van der Waals surface area contributed by atoms with Crippen molar-refractivity contribution in [3.63, 3.8) is 0 Å². The highest BCUT2D eigenvalue weighted by Crippen LogP contribution is 2.29. The lowest BCUT2D eigenvalue weighted by molar-refractivity contribution is 0.448. The molecule has 0 bridgehead atoms. The van der Waals surface area contributed by atoms with Gasteiger partial charge in [-0.05, 0) is 32.4 Å². The molecule has 0 amide bonds. The topological polar surface area (TPSA) is 72.5 Å². The number of furan rings is 1. The van der Waals surface area contributed by atoms with Gasteiger partial charge in [-0.25, -0.2) is 9.97 Å². The van der Waals surface area contributed by atoms with Gasteiger partial charge in [0.15, 0.2) is 5.82 Å². The van der Waals surface area contributed by atoms with Crippen molar-refractivity contribution in [3.8, 4) is 11.3 Å². The largest absolute Gasteiger partial charge is 0.466 e. The van der Waals surface area contributed by atoms with Gasteiger partial charge in [0.2, 0.25) is 0 Å². The number of H-pyrrole nitrogens is 1. The lowest BCUT2D eigenvalue weighted by Gasteiger charge is -2.13. The zero-order valence-corrected chi connectivity index (χ0v) is 15.8. The van der Waals surface area contributed by atoms with E-state index in [1.807, 2.05) is 44.4 Å². The molecule has 3 heterocycles. The molecule has 0 unspecified atom stereocenters. The summed E-state index contributed by atoms with van der Waals surface area (Å²) in [5.41, 5.74) is 3.27. The molecule has 3 aromatic heterocycles. The summed E-state index contributed by atoms with van der Waals surface area (Å²) in [4.78, 5) is 9.14. The molecule has 1 aromatic carbocycles. The fraction of sp³-hybridized carbons (Fsp3) is 0.286. The van der Waals surface area contributed by atoms with E-state index >= 15 is 0 Å². The molecule has 1 N–H and O–H groups in total. The van der Waals surface area contributed by atoms with Crippen LogP contribution in [0.5, 0.6) is 0 Å². The molecule has 0 radical (unpaired) electrons. The second kappa shape index (κ2) is 7.23. The maximum Gasteiger partial charge on any atom is 0.170 e. The molecular formula is C21H23N5O. The van der Waals surface area contributed by atoms with Gasteiger partial charge in [-0.2, -0.15) is 5.10 Å². The van der Waals surface area contributed by atoms with E-state index in [9.17, 15) is 0 Å². The third-order valence-electron chi connectivity index (χ3n) is 4.70. The quantitative estimate of drug-likeness (QED) is 0.556. The molecule has 6 heteroatoms. The van der Waals surface area contributed by atoms with E-state index in [-0.39, 0.29) is 5.92 Å². The van der Waals surface area contributed by atoms with E-state index in [1.165, 1.54) is 0 Å². The smallest absolute Gasteiger partial charge is 0.170 e. The van der Waals surface area contributed by atoms with Crippen LogP contribution in [0, 0.1) is 13.8 Å². The summed E-state index contributed by atoms with van der Waals surface area (Å²) < 4.78 is 7.98. The van der Waals surface area contributed by atoms with Gasteiger partial charge in [0.1, 0.15) is 17.3 Å². The van der Waals surface area contributed by atoms with Crippen LogP contribution in [-0.4, -0.2) is 24.7 Å². The molecule has 0 saturated heterocycles. The second-order valence-corrected chi connectivity index (χ2v) is 6.92. The first kappa shape index (κ1) is 17.3. The second-order valence-electron chi connectivity index (χ2n) is 6.92. The molecule has 4 rings (SSSR count). The zero-order chi connectivity index (χ0) is 18.8. The minimum atomic E-state index is 0.241. The van der Waals surface area contributed by atoms with Gasteiger partial charge >= 0.3 is 0 Å². The molecule has 4 aromatic rings. The molecule has 0 aliphatic rings. The van der Waals surface area contributed by atoms with Crippen LogP contribution in [0.3, 0.4) is 0 Å². The SMILES string of the molecule is Cc1nc(Cn2cnc(-c3ccccc3)c2C[C@@H](C)c2ccc(C)o2)n[nH]1. The number of nitrogens with one attached hydrogen (secondary N) is 1. The highest BCUT2D eigenvalue weighted by Gasteiger charge is 2.19. The summed E-state index contributed by atoms with van der Waals surface area (Å²) in [6.07, 6.45) is 2.70. The van der Waals surface area contributed by atoms with E-state index in [1.54, 1.807) is 0 Å². The number of benzene rings is 1. The Hall–Kier alpha value is -3.15. The van der Waals surface area contributed by atoms with Gasteiger partial charge in [-0.3, -0.25) is 5.10 Å². The Morgan fingerprint density at radius 2 is 1.93 bits per heavy atom. The Kier molecular flexibility index (Phi) is 4.62. The number of imidazole rings is 1. The Bertz CT molecular complexity index is 1030. The molecule has 27 heavy (non-hydrogen) atoms. The molecular weight excluding hydrogens is 338 g/mol. The number of hydrogen-bond acceptors (Lipinski definition) is 4. The van der Waals surface area contributed by atoms with Crippen molar-refractivity contribution in [2.24, 2.45) is 0 Å². The predicted octanol–water partition coefficient (Wildman–Crippen LogP) is 4.27. The molecule has 0 fully saturated rings. The van der Waals surface area contributed by atoms with Gasteiger partial charge in [0.05, 0.1) is 18.6 Å². The standard InChI is InChI=1S/C21H23N5O/c1-14(19-10-9-15(2)27-19)11-18-21(17-7-5-4-6-8-17)22-13-26(18)12-20-23-16(3)24-25-20/h4-10,13-14H,11-12H2,1-3H3,(H,23,24,25)/t14-/m1/s1. The Balaban J connectivity index is 1.70. The molecule has 0 spiro atoms. The van der Waals surface area contributed by atoms with Crippen molar-refractivity contribution in [1.29, 1.82) is 0 Å². The van der Waals surface area contributed by atoms with E-state index in [4.69, 9.17) is 9.40 Å². The van der Waals surface area contributed by atoms with Crippen LogP contribution >= 0.6 is 0 Å². The molecule has 138 valence electrons. The van der Waals surface area contributed by atoms with Gasteiger partial charge in [-0.15, -0.1) is 0 Å². The van der Waals surface area contributed by atoms with E-state index in [2.05, 4.69) is 44.9 Å². The fourth-order valence-electron chi connectivity index (χ4n) is 3.32. The number of aromatic nitrogens is 5. The Morgan fingerprint density at radius 3 is 2.59 bits per heavy atom. The first-order chi connectivity index (χ1) is 13.1. The normalized spacial score (nSPS) is 12.4. The average molecular weight is 361 g/mol. The van der Waals surface area contributed by atoms with Crippen LogP contribution in [-0.2, 0) is 13.0 Å². The minimum absolute atomic E-state index is 0.241. The van der Waals surface area contributed by atoms with Gasteiger partial charge in [-0.1, -0.05) is 37.3 Å². The molecule has 0 aliphatic heterocycles. The monoisotopic (exact) mass is 361 g/mol. The highest BCUT2D eigenvalue weighted by atomic mass is 16.3. The number of aromatic amines is 1. The van der Waals surface area contributed by atoms with Crippen LogP contribution in [0.2, 0.25) is 0 Å². The van der Waals surface area contributed by atoms with E-state index in [0.717, 1.165) is 46.5 Å². The van der Waals surface area contributed by atoms with Crippen LogP contribution in [0.4, 0.5) is 0 Å². The number of nitrogens with zero attached hydrogens (tertiary/aromatic N) is 4. The first-order valence-electron chi connectivity index (χ1n) is 9.14. The van der Waals surface area contributed by atoms with Crippen LogP contribution in [0.1, 0.15) is 41.7 Å². The zero-order valence-electron chi connectivity index (χ0n) is 15.8.